The Hall–Kier alpha value is -1.62. The molecule has 1 amide bonds. The summed E-state index contributed by atoms with van der Waals surface area (Å²) in [5.41, 5.74) is 0.252. The third-order valence-corrected chi connectivity index (χ3v) is 4.63. The van der Waals surface area contributed by atoms with Gasteiger partial charge in [0.05, 0.1) is 0 Å². The van der Waals surface area contributed by atoms with Gasteiger partial charge in [0, 0.05) is 37.8 Å². The maximum Gasteiger partial charge on any atom is 0.410 e. The van der Waals surface area contributed by atoms with E-state index in [-0.39, 0.29) is 24.0 Å². The maximum atomic E-state index is 14.0. The molecule has 2 rings (SSSR count). The van der Waals surface area contributed by atoms with E-state index in [0.717, 1.165) is 31.5 Å². The molecule has 4 nitrogen and oxygen atoms in total. The minimum absolute atomic E-state index is 0.0407. The van der Waals surface area contributed by atoms with Crippen molar-refractivity contribution in [3.63, 3.8) is 0 Å². The first kappa shape index (κ1) is 18.7. The highest BCUT2D eigenvalue weighted by Gasteiger charge is 2.30. The van der Waals surface area contributed by atoms with Gasteiger partial charge in [-0.1, -0.05) is 18.2 Å². The monoisotopic (exact) mass is 336 g/mol. The van der Waals surface area contributed by atoms with E-state index in [1.54, 1.807) is 18.0 Å². The minimum Gasteiger partial charge on any atom is -0.444 e. The molecule has 0 saturated carbocycles. The summed E-state index contributed by atoms with van der Waals surface area (Å²) in [6.45, 7) is 9.34. The lowest BCUT2D eigenvalue weighted by molar-refractivity contribution is 0.0133. The molecule has 1 fully saturated rings. The molecule has 1 aromatic rings. The Kier molecular flexibility index (Phi) is 5.86. The van der Waals surface area contributed by atoms with Gasteiger partial charge in [-0.05, 0) is 46.6 Å². The van der Waals surface area contributed by atoms with Crippen LogP contribution in [-0.4, -0.2) is 47.7 Å². The molecule has 0 spiro atoms. The van der Waals surface area contributed by atoms with Crippen LogP contribution in [0.1, 0.15) is 52.1 Å². The lowest BCUT2D eigenvalue weighted by Gasteiger charge is -2.39. The van der Waals surface area contributed by atoms with Crippen LogP contribution in [0.2, 0.25) is 0 Å². The van der Waals surface area contributed by atoms with Crippen molar-refractivity contribution in [3.05, 3.63) is 35.6 Å². The third kappa shape index (κ3) is 4.69. The van der Waals surface area contributed by atoms with Crippen LogP contribution in [0.15, 0.2) is 24.3 Å². The highest BCUT2D eigenvalue weighted by atomic mass is 19.1. The number of hydrogen-bond acceptors (Lipinski definition) is 3. The number of rotatable bonds is 3. The number of likely N-dealkylation sites (tertiary alicyclic amines) is 1. The van der Waals surface area contributed by atoms with Gasteiger partial charge in [-0.3, -0.25) is 4.90 Å². The summed E-state index contributed by atoms with van der Waals surface area (Å²) in [4.78, 5) is 16.2. The second kappa shape index (κ2) is 7.51. The molecule has 0 aromatic heterocycles. The van der Waals surface area contributed by atoms with Gasteiger partial charge in [0.15, 0.2) is 0 Å². The molecule has 1 unspecified atom stereocenters. The zero-order valence-corrected chi connectivity index (χ0v) is 15.4. The molecule has 5 heteroatoms. The van der Waals surface area contributed by atoms with E-state index in [1.165, 1.54) is 6.07 Å². The minimum atomic E-state index is -0.481. The SMILES string of the molecule is CC(c1ccccc1F)N1CCC(N(C)C(=O)OC(C)(C)C)CC1. The first-order valence-corrected chi connectivity index (χ1v) is 8.63. The summed E-state index contributed by atoms with van der Waals surface area (Å²) >= 11 is 0. The normalized spacial score (nSPS) is 18.2. The number of nitrogens with zero attached hydrogens (tertiary/aromatic N) is 2. The van der Waals surface area contributed by atoms with Crippen LogP contribution in [0.5, 0.6) is 0 Å². The van der Waals surface area contributed by atoms with Crippen LogP contribution >= 0.6 is 0 Å². The van der Waals surface area contributed by atoms with Crippen molar-refractivity contribution in [2.75, 3.05) is 20.1 Å². The number of ether oxygens (including phenoxy) is 1. The van der Waals surface area contributed by atoms with E-state index in [0.29, 0.717) is 0 Å². The van der Waals surface area contributed by atoms with Crippen LogP contribution in [0.3, 0.4) is 0 Å². The van der Waals surface area contributed by atoms with Crippen LogP contribution in [-0.2, 0) is 4.74 Å². The Morgan fingerprint density at radius 3 is 2.42 bits per heavy atom. The Balaban J connectivity index is 1.91. The number of carbonyl (C=O) groups excluding carboxylic acids is 1. The van der Waals surface area contributed by atoms with Gasteiger partial charge in [0.2, 0.25) is 0 Å². The van der Waals surface area contributed by atoms with Crippen molar-refractivity contribution in [3.8, 4) is 0 Å². The quantitative estimate of drug-likeness (QED) is 0.828. The lowest BCUT2D eigenvalue weighted by atomic mass is 9.99. The summed E-state index contributed by atoms with van der Waals surface area (Å²) in [6.07, 6.45) is 1.46. The summed E-state index contributed by atoms with van der Waals surface area (Å²) in [5, 5.41) is 0. The van der Waals surface area contributed by atoms with Crippen LogP contribution in [0, 0.1) is 5.82 Å². The fourth-order valence-corrected chi connectivity index (χ4v) is 3.15. The molecule has 1 aliphatic rings. The van der Waals surface area contributed by atoms with E-state index in [1.807, 2.05) is 39.8 Å². The molecule has 0 radical (unpaired) electrons. The lowest BCUT2D eigenvalue weighted by Crippen LogP contribution is -2.47. The smallest absolute Gasteiger partial charge is 0.410 e. The topological polar surface area (TPSA) is 32.8 Å². The first-order valence-electron chi connectivity index (χ1n) is 8.63. The number of hydrogen-bond donors (Lipinski definition) is 0. The summed E-state index contributed by atoms with van der Waals surface area (Å²) in [6, 6.07) is 7.15. The van der Waals surface area contributed by atoms with Gasteiger partial charge in [0.1, 0.15) is 11.4 Å². The molecule has 0 N–H and O–H groups in total. The van der Waals surface area contributed by atoms with E-state index in [4.69, 9.17) is 4.74 Å². The van der Waals surface area contributed by atoms with E-state index in [9.17, 15) is 9.18 Å². The summed E-state index contributed by atoms with van der Waals surface area (Å²) < 4.78 is 19.4. The maximum absolute atomic E-state index is 14.0. The number of halogens is 1. The molecule has 1 saturated heterocycles. The van der Waals surface area contributed by atoms with Crippen molar-refractivity contribution < 1.29 is 13.9 Å². The van der Waals surface area contributed by atoms with Crippen molar-refractivity contribution in [1.82, 2.24) is 9.80 Å². The van der Waals surface area contributed by atoms with Gasteiger partial charge in [-0.15, -0.1) is 0 Å². The van der Waals surface area contributed by atoms with E-state index < -0.39 is 5.60 Å². The highest BCUT2D eigenvalue weighted by molar-refractivity contribution is 5.68. The highest BCUT2D eigenvalue weighted by Crippen LogP contribution is 2.27. The van der Waals surface area contributed by atoms with Crippen LogP contribution in [0.4, 0.5) is 9.18 Å². The average molecular weight is 336 g/mol. The predicted molar refractivity (Wildman–Crippen MR) is 93.4 cm³/mol. The average Bonchev–Trinajstić information content (AvgIpc) is 2.52. The molecule has 0 bridgehead atoms. The number of benzene rings is 1. The summed E-state index contributed by atoms with van der Waals surface area (Å²) in [7, 11) is 1.80. The fraction of sp³-hybridized carbons (Fsp3) is 0.632. The Bertz CT molecular complexity index is 563. The van der Waals surface area contributed by atoms with Crippen LogP contribution < -0.4 is 0 Å². The molecule has 24 heavy (non-hydrogen) atoms. The van der Waals surface area contributed by atoms with Crippen LogP contribution in [0.25, 0.3) is 0 Å². The van der Waals surface area contributed by atoms with Crippen molar-refractivity contribution >= 4 is 6.09 Å². The molecular formula is C19H29FN2O2. The zero-order chi connectivity index (χ0) is 17.9. The fourth-order valence-electron chi connectivity index (χ4n) is 3.15. The van der Waals surface area contributed by atoms with Crippen molar-refractivity contribution in [2.24, 2.45) is 0 Å². The van der Waals surface area contributed by atoms with Gasteiger partial charge in [-0.2, -0.15) is 0 Å². The number of amides is 1. The van der Waals surface area contributed by atoms with Gasteiger partial charge < -0.3 is 9.64 Å². The third-order valence-electron chi connectivity index (χ3n) is 4.63. The van der Waals surface area contributed by atoms with E-state index in [2.05, 4.69) is 4.90 Å². The van der Waals surface area contributed by atoms with Gasteiger partial charge in [-0.25, -0.2) is 9.18 Å². The van der Waals surface area contributed by atoms with Crippen molar-refractivity contribution in [2.45, 2.75) is 58.2 Å². The first-order chi connectivity index (χ1) is 11.2. The second-order valence-electron chi connectivity index (χ2n) is 7.56. The molecule has 0 aliphatic carbocycles. The molecule has 1 heterocycles. The largest absolute Gasteiger partial charge is 0.444 e. The van der Waals surface area contributed by atoms with Crippen molar-refractivity contribution in [1.29, 1.82) is 0 Å². The molecule has 134 valence electrons. The van der Waals surface area contributed by atoms with Gasteiger partial charge in [0.25, 0.3) is 0 Å². The number of piperidine rings is 1. The predicted octanol–water partition coefficient (Wildman–Crippen LogP) is 4.22. The molecule has 1 atom stereocenters. The van der Waals surface area contributed by atoms with Gasteiger partial charge >= 0.3 is 6.09 Å². The second-order valence-corrected chi connectivity index (χ2v) is 7.56. The Labute approximate surface area is 144 Å². The van der Waals surface area contributed by atoms with E-state index >= 15 is 0 Å². The zero-order valence-electron chi connectivity index (χ0n) is 15.4. The standard InChI is InChI=1S/C19H29FN2O2/c1-14(16-8-6-7-9-17(16)20)22-12-10-15(11-13-22)21(5)18(23)24-19(2,3)4/h6-9,14-15H,10-13H2,1-5H3. The molecule has 1 aromatic carbocycles. The Morgan fingerprint density at radius 2 is 1.88 bits per heavy atom. The molecule has 1 aliphatic heterocycles. The summed E-state index contributed by atoms with van der Waals surface area (Å²) in [5.74, 6) is -0.155. The number of carbonyl (C=O) groups is 1. The Morgan fingerprint density at radius 1 is 1.29 bits per heavy atom. The molecular weight excluding hydrogens is 307 g/mol.